The van der Waals surface area contributed by atoms with Gasteiger partial charge in [-0.3, -0.25) is 0 Å². The average molecular weight is 147 g/mol. The maximum Gasteiger partial charge on any atom is 0.407 e. The molecule has 10 heavy (non-hydrogen) atoms. The molecule has 0 bridgehead atoms. The van der Waals surface area contributed by atoms with Crippen LogP contribution in [0.1, 0.15) is 0 Å². The van der Waals surface area contributed by atoms with Crippen LogP contribution < -0.4 is 5.32 Å². The maximum atomic E-state index is 10.3. The number of aliphatic hydroxyl groups is 2. The molecule has 0 saturated carbocycles. The van der Waals surface area contributed by atoms with Gasteiger partial charge in [-0.15, -0.1) is 0 Å². The number of amides is 1. The molecule has 1 heterocycles. The normalized spacial score (nSPS) is 27.4. The third-order valence-corrected chi connectivity index (χ3v) is 1.35. The quantitative estimate of drug-likeness (QED) is 0.441. The van der Waals surface area contributed by atoms with E-state index in [1.54, 1.807) is 0 Å². The number of nitrogens with one attached hydrogen (secondary N) is 1. The van der Waals surface area contributed by atoms with Crippen LogP contribution in [0.3, 0.4) is 0 Å². The Bertz CT molecular complexity index is 138. The van der Waals surface area contributed by atoms with Crippen molar-refractivity contribution < 1.29 is 19.7 Å². The first kappa shape index (κ1) is 7.30. The van der Waals surface area contributed by atoms with Crippen LogP contribution in [0.25, 0.3) is 0 Å². The molecule has 0 aliphatic carbocycles. The van der Waals surface area contributed by atoms with E-state index in [1.807, 2.05) is 0 Å². The van der Waals surface area contributed by atoms with Crippen LogP contribution >= 0.6 is 0 Å². The minimum absolute atomic E-state index is 0.126. The van der Waals surface area contributed by atoms with Gasteiger partial charge in [0.25, 0.3) is 0 Å². The number of cyclic esters (lactones) is 1. The second-order valence-corrected chi connectivity index (χ2v) is 2.10. The summed E-state index contributed by atoms with van der Waals surface area (Å²) in [4.78, 5) is 10.3. The number of rotatable bonds is 2. The third kappa shape index (κ3) is 1.37. The SMILES string of the molecule is O=C1NC([C@H](O)CO)CO1. The molecule has 0 radical (unpaired) electrons. The summed E-state index contributed by atoms with van der Waals surface area (Å²) in [5.41, 5.74) is 0. The molecule has 5 nitrogen and oxygen atoms in total. The molecule has 3 N–H and O–H groups in total. The molecule has 5 heteroatoms. The summed E-state index contributed by atoms with van der Waals surface area (Å²) in [6.07, 6.45) is -1.47. The standard InChI is InChI=1S/C5H9NO4/c7-1-4(8)3-2-10-5(9)6-3/h3-4,7-8H,1-2H2,(H,6,9)/t3?,4-/m1/s1. The van der Waals surface area contributed by atoms with Crippen LogP contribution in [0.15, 0.2) is 0 Å². The summed E-state index contributed by atoms with van der Waals surface area (Å²) < 4.78 is 4.47. The minimum atomic E-state index is -0.925. The van der Waals surface area contributed by atoms with Gasteiger partial charge in [0.2, 0.25) is 0 Å². The first-order chi connectivity index (χ1) is 4.74. The smallest absolute Gasteiger partial charge is 0.407 e. The Morgan fingerprint density at radius 1 is 1.90 bits per heavy atom. The van der Waals surface area contributed by atoms with Crippen molar-refractivity contribution in [3.63, 3.8) is 0 Å². The second kappa shape index (κ2) is 2.85. The van der Waals surface area contributed by atoms with Crippen molar-refractivity contribution in [2.24, 2.45) is 0 Å². The van der Waals surface area contributed by atoms with Gasteiger partial charge in [-0.2, -0.15) is 0 Å². The summed E-state index contributed by atoms with van der Waals surface area (Å²) in [7, 11) is 0. The van der Waals surface area contributed by atoms with Crippen LogP contribution in [-0.4, -0.2) is 41.7 Å². The predicted octanol–water partition coefficient (Wildman–Crippen LogP) is -1.55. The summed E-state index contributed by atoms with van der Waals surface area (Å²) in [5.74, 6) is 0. The Balaban J connectivity index is 2.36. The Hall–Kier alpha value is -0.810. The van der Waals surface area contributed by atoms with Gasteiger partial charge in [-0.05, 0) is 0 Å². The highest BCUT2D eigenvalue weighted by atomic mass is 16.6. The molecule has 1 fully saturated rings. The van der Waals surface area contributed by atoms with Crippen LogP contribution in [0, 0.1) is 0 Å². The highest BCUT2D eigenvalue weighted by Gasteiger charge is 2.27. The largest absolute Gasteiger partial charge is 0.447 e. The molecule has 1 saturated heterocycles. The number of alkyl carbamates (subject to hydrolysis) is 1. The van der Waals surface area contributed by atoms with E-state index in [2.05, 4.69) is 10.1 Å². The lowest BCUT2D eigenvalue weighted by Crippen LogP contribution is -2.40. The lowest BCUT2D eigenvalue weighted by atomic mass is 10.2. The lowest BCUT2D eigenvalue weighted by molar-refractivity contribution is 0.0642. The fourth-order valence-corrected chi connectivity index (χ4v) is 0.735. The van der Waals surface area contributed by atoms with E-state index >= 15 is 0 Å². The van der Waals surface area contributed by atoms with E-state index in [-0.39, 0.29) is 13.2 Å². The Morgan fingerprint density at radius 3 is 3.00 bits per heavy atom. The van der Waals surface area contributed by atoms with Crippen molar-refractivity contribution in [1.82, 2.24) is 5.32 Å². The molecular formula is C5H9NO4. The minimum Gasteiger partial charge on any atom is -0.447 e. The van der Waals surface area contributed by atoms with Gasteiger partial charge < -0.3 is 20.3 Å². The van der Waals surface area contributed by atoms with E-state index in [0.717, 1.165) is 0 Å². The van der Waals surface area contributed by atoms with Crippen LogP contribution in [0.5, 0.6) is 0 Å². The number of hydrogen-bond donors (Lipinski definition) is 3. The molecule has 1 aliphatic heterocycles. The highest BCUT2D eigenvalue weighted by Crippen LogP contribution is 2.01. The molecule has 2 atom stereocenters. The Labute approximate surface area is 57.6 Å². The van der Waals surface area contributed by atoms with Crippen molar-refractivity contribution in [2.45, 2.75) is 12.1 Å². The van der Waals surface area contributed by atoms with Gasteiger partial charge in [0.15, 0.2) is 0 Å². The Morgan fingerprint density at radius 2 is 2.60 bits per heavy atom. The molecule has 1 rings (SSSR count). The van der Waals surface area contributed by atoms with Gasteiger partial charge >= 0.3 is 6.09 Å². The molecule has 1 unspecified atom stereocenters. The molecule has 0 aromatic rings. The van der Waals surface area contributed by atoms with Crippen LogP contribution in [0.2, 0.25) is 0 Å². The highest BCUT2D eigenvalue weighted by molar-refractivity contribution is 5.69. The van der Waals surface area contributed by atoms with Gasteiger partial charge in [0, 0.05) is 0 Å². The maximum absolute atomic E-state index is 10.3. The molecule has 1 amide bonds. The molecule has 0 spiro atoms. The van der Waals surface area contributed by atoms with Crippen molar-refractivity contribution in [3.05, 3.63) is 0 Å². The summed E-state index contributed by atoms with van der Waals surface area (Å²) in [6, 6.07) is -0.461. The zero-order chi connectivity index (χ0) is 7.56. The summed E-state index contributed by atoms with van der Waals surface area (Å²) in [6.45, 7) is -0.241. The molecule has 0 aromatic heterocycles. The lowest BCUT2D eigenvalue weighted by Gasteiger charge is -2.11. The van der Waals surface area contributed by atoms with Gasteiger partial charge in [0.05, 0.1) is 12.6 Å². The topological polar surface area (TPSA) is 78.8 Å². The zero-order valence-corrected chi connectivity index (χ0v) is 5.28. The Kier molecular flexibility index (Phi) is 2.08. The number of hydrogen-bond acceptors (Lipinski definition) is 4. The van der Waals surface area contributed by atoms with Gasteiger partial charge in [-0.25, -0.2) is 4.79 Å². The van der Waals surface area contributed by atoms with Gasteiger partial charge in [0.1, 0.15) is 12.7 Å². The fourth-order valence-electron chi connectivity index (χ4n) is 0.735. The first-order valence-electron chi connectivity index (χ1n) is 2.96. The zero-order valence-electron chi connectivity index (χ0n) is 5.28. The van der Waals surface area contributed by atoms with Crippen LogP contribution in [-0.2, 0) is 4.74 Å². The summed E-state index contributed by atoms with van der Waals surface area (Å²) in [5, 5.41) is 19.7. The average Bonchev–Trinajstić information content (AvgIpc) is 2.34. The molecular weight excluding hydrogens is 138 g/mol. The van der Waals surface area contributed by atoms with E-state index in [9.17, 15) is 4.79 Å². The third-order valence-electron chi connectivity index (χ3n) is 1.35. The van der Waals surface area contributed by atoms with Crippen molar-refractivity contribution in [1.29, 1.82) is 0 Å². The van der Waals surface area contributed by atoms with Crippen molar-refractivity contribution in [3.8, 4) is 0 Å². The first-order valence-corrected chi connectivity index (χ1v) is 2.96. The van der Waals surface area contributed by atoms with E-state index < -0.39 is 18.2 Å². The number of carbonyl (C=O) groups excluding carboxylic acids is 1. The molecule has 0 aromatic carbocycles. The summed E-state index contributed by atoms with van der Waals surface area (Å²) >= 11 is 0. The van der Waals surface area contributed by atoms with Crippen molar-refractivity contribution >= 4 is 6.09 Å². The monoisotopic (exact) mass is 147 g/mol. The fraction of sp³-hybridized carbons (Fsp3) is 0.800. The second-order valence-electron chi connectivity index (χ2n) is 2.10. The van der Waals surface area contributed by atoms with Crippen molar-refractivity contribution in [2.75, 3.05) is 13.2 Å². The number of aliphatic hydroxyl groups excluding tert-OH is 2. The van der Waals surface area contributed by atoms with E-state index in [0.29, 0.717) is 0 Å². The molecule has 58 valence electrons. The molecule has 1 aliphatic rings. The van der Waals surface area contributed by atoms with E-state index in [1.165, 1.54) is 0 Å². The number of carbonyl (C=O) groups is 1. The van der Waals surface area contributed by atoms with Gasteiger partial charge in [-0.1, -0.05) is 0 Å². The van der Waals surface area contributed by atoms with Crippen LogP contribution in [0.4, 0.5) is 4.79 Å². The predicted molar refractivity (Wildman–Crippen MR) is 31.4 cm³/mol. The number of ether oxygens (including phenoxy) is 1. The van der Waals surface area contributed by atoms with E-state index in [4.69, 9.17) is 10.2 Å².